The molecule has 0 aromatic heterocycles. The van der Waals surface area contributed by atoms with Crippen LogP contribution in [-0.2, 0) is 25.8 Å². The molecule has 2 fully saturated rings. The van der Waals surface area contributed by atoms with Crippen LogP contribution in [0.4, 0.5) is 0 Å². The van der Waals surface area contributed by atoms with Crippen LogP contribution in [0.25, 0.3) is 0 Å². The van der Waals surface area contributed by atoms with E-state index in [1.165, 1.54) is 19.2 Å². The number of halogens is 2. The molecule has 3 aromatic rings. The fraction of sp³-hybridized carbons (Fsp3) is 0.447. The SMILES string of the molecule is COc1cc(CC(=O)C[C@@]2(C)C[C@H](c3cccc(Cl)c3)[C@@H](c3ccc(Cl)cc3)N([C@H](CS(=O)(=O)C(C)(C)C)C3CC3)C2=O)ccc1C(=O)O. The van der Waals surface area contributed by atoms with Gasteiger partial charge in [-0.05, 0) is 99.0 Å². The van der Waals surface area contributed by atoms with Crippen molar-refractivity contribution in [2.75, 3.05) is 12.9 Å². The summed E-state index contributed by atoms with van der Waals surface area (Å²) in [5.74, 6) is -2.00. The Morgan fingerprint density at radius 3 is 2.24 bits per heavy atom. The van der Waals surface area contributed by atoms with E-state index in [1.54, 1.807) is 56.9 Å². The third-order valence-corrected chi connectivity index (χ3v) is 13.1. The maximum atomic E-state index is 15.1. The van der Waals surface area contributed by atoms with Crippen LogP contribution in [0.15, 0.2) is 66.7 Å². The van der Waals surface area contributed by atoms with Crippen LogP contribution in [0.3, 0.4) is 0 Å². The van der Waals surface area contributed by atoms with Gasteiger partial charge in [-0.1, -0.05) is 60.5 Å². The third kappa shape index (κ3) is 8.00. The van der Waals surface area contributed by atoms with E-state index >= 15 is 4.79 Å². The Kier molecular flexibility index (Phi) is 10.6. The van der Waals surface area contributed by atoms with Gasteiger partial charge in [-0.25, -0.2) is 13.2 Å². The summed E-state index contributed by atoms with van der Waals surface area (Å²) in [4.78, 5) is 42.4. The number of hydrogen-bond donors (Lipinski definition) is 1. The summed E-state index contributed by atoms with van der Waals surface area (Å²) in [5.41, 5.74) is 1.06. The molecule has 4 atom stereocenters. The van der Waals surface area contributed by atoms with Crippen molar-refractivity contribution in [2.24, 2.45) is 11.3 Å². The number of piperidine rings is 1. The van der Waals surface area contributed by atoms with Gasteiger partial charge in [0.2, 0.25) is 5.91 Å². The minimum absolute atomic E-state index is 0.00541. The lowest BCUT2D eigenvalue weighted by atomic mass is 9.66. The zero-order valence-electron chi connectivity index (χ0n) is 28.4. The molecule has 1 heterocycles. The molecule has 8 nitrogen and oxygen atoms in total. The Labute approximate surface area is 298 Å². The molecule has 1 aliphatic carbocycles. The Morgan fingerprint density at radius 2 is 1.67 bits per heavy atom. The highest BCUT2D eigenvalue weighted by Crippen LogP contribution is 2.54. The molecule has 262 valence electrons. The first-order chi connectivity index (χ1) is 22.9. The van der Waals surface area contributed by atoms with Gasteiger partial charge in [-0.3, -0.25) is 9.59 Å². The monoisotopic (exact) mass is 727 g/mol. The average molecular weight is 729 g/mol. The summed E-state index contributed by atoms with van der Waals surface area (Å²) < 4.78 is 31.9. The van der Waals surface area contributed by atoms with Crippen molar-refractivity contribution in [1.29, 1.82) is 0 Å². The number of carbonyl (C=O) groups excluding carboxylic acids is 2. The predicted molar refractivity (Wildman–Crippen MR) is 191 cm³/mol. The van der Waals surface area contributed by atoms with Gasteiger partial charge in [-0.15, -0.1) is 0 Å². The number of hydrogen-bond acceptors (Lipinski definition) is 6. The van der Waals surface area contributed by atoms with E-state index in [0.717, 1.165) is 24.0 Å². The van der Waals surface area contributed by atoms with Crippen LogP contribution in [0.1, 0.15) is 92.4 Å². The van der Waals surface area contributed by atoms with Gasteiger partial charge in [0.05, 0.1) is 29.1 Å². The summed E-state index contributed by atoms with van der Waals surface area (Å²) in [6.07, 6.45) is 1.78. The van der Waals surface area contributed by atoms with Gasteiger partial charge in [-0.2, -0.15) is 0 Å². The van der Waals surface area contributed by atoms with Crippen molar-refractivity contribution >= 4 is 50.7 Å². The zero-order valence-corrected chi connectivity index (χ0v) is 30.7. The lowest BCUT2D eigenvalue weighted by Crippen LogP contribution is -2.58. The van der Waals surface area contributed by atoms with Crippen LogP contribution in [0, 0.1) is 11.3 Å². The van der Waals surface area contributed by atoms with Crippen LogP contribution in [0.5, 0.6) is 5.75 Å². The quantitative estimate of drug-likeness (QED) is 0.201. The van der Waals surface area contributed by atoms with E-state index in [0.29, 0.717) is 22.0 Å². The number of rotatable bonds is 12. The standard InChI is InChI=1S/C38H43Cl2NO7S/c1-37(2,3)49(46,47)22-32(24-10-11-24)41-34(25-12-14-27(39)15-13-25)31(26-7-6-8-28(40)19-26)21-38(4,36(41)45)20-29(42)17-23-9-16-30(35(43)44)33(18-23)48-5/h6-9,12-16,18-19,24,31-32,34H,10-11,17,20-22H2,1-5H3,(H,43,44)/t31-,32-,34-,38+/m1/s1. The molecule has 0 unspecified atom stereocenters. The molecule has 3 aromatic carbocycles. The molecule has 1 aliphatic heterocycles. The van der Waals surface area contributed by atoms with E-state index < -0.39 is 38.1 Å². The van der Waals surface area contributed by atoms with Crippen LogP contribution >= 0.6 is 23.2 Å². The van der Waals surface area contributed by atoms with E-state index in [-0.39, 0.29) is 53.4 Å². The fourth-order valence-electron chi connectivity index (χ4n) is 7.06. The minimum atomic E-state index is -3.65. The fourth-order valence-corrected chi connectivity index (χ4v) is 8.77. The first-order valence-electron chi connectivity index (χ1n) is 16.4. The second-order valence-corrected chi connectivity index (χ2v) is 18.3. The van der Waals surface area contributed by atoms with E-state index in [4.69, 9.17) is 27.9 Å². The number of likely N-dealkylation sites (tertiary alicyclic amines) is 1. The minimum Gasteiger partial charge on any atom is -0.496 e. The number of benzene rings is 3. The molecule has 1 saturated carbocycles. The van der Waals surface area contributed by atoms with Gasteiger partial charge >= 0.3 is 5.97 Å². The van der Waals surface area contributed by atoms with Gasteiger partial charge in [0.1, 0.15) is 17.1 Å². The van der Waals surface area contributed by atoms with Gasteiger partial charge in [0, 0.05) is 34.8 Å². The summed E-state index contributed by atoms with van der Waals surface area (Å²) in [6, 6.07) is 18.1. The van der Waals surface area contributed by atoms with Crippen molar-refractivity contribution < 1.29 is 32.6 Å². The van der Waals surface area contributed by atoms with Crippen molar-refractivity contribution in [2.45, 2.75) is 82.5 Å². The molecule has 0 radical (unpaired) electrons. The van der Waals surface area contributed by atoms with Crippen LogP contribution in [-0.4, -0.2) is 59.7 Å². The first kappa shape index (κ1) is 36.9. The smallest absolute Gasteiger partial charge is 0.339 e. The predicted octanol–water partition coefficient (Wildman–Crippen LogP) is 7.96. The number of ketones is 1. The highest BCUT2D eigenvalue weighted by Gasteiger charge is 2.55. The Balaban J connectivity index is 1.61. The van der Waals surface area contributed by atoms with E-state index in [2.05, 4.69) is 0 Å². The number of nitrogens with zero attached hydrogens (tertiary/aromatic N) is 1. The Morgan fingerprint density at radius 1 is 1.00 bits per heavy atom. The number of carboxylic acid groups (broad SMARTS) is 1. The Bertz CT molecular complexity index is 1850. The summed E-state index contributed by atoms with van der Waals surface area (Å²) >= 11 is 12.8. The Hall–Kier alpha value is -3.40. The largest absolute Gasteiger partial charge is 0.496 e. The summed E-state index contributed by atoms with van der Waals surface area (Å²) in [7, 11) is -2.28. The summed E-state index contributed by atoms with van der Waals surface area (Å²) in [5, 5.41) is 10.6. The highest BCUT2D eigenvalue weighted by molar-refractivity contribution is 7.92. The van der Waals surface area contributed by atoms with Gasteiger partial charge < -0.3 is 14.7 Å². The normalized spacial score (nSPS) is 22.1. The van der Waals surface area contributed by atoms with Crippen LogP contribution in [0.2, 0.25) is 10.0 Å². The molecule has 11 heteroatoms. The molecule has 49 heavy (non-hydrogen) atoms. The molecule has 2 aliphatic rings. The number of methoxy groups -OCH3 is 1. The van der Waals surface area contributed by atoms with Crippen LogP contribution < -0.4 is 4.74 Å². The second kappa shape index (κ2) is 14.1. The lowest BCUT2D eigenvalue weighted by Gasteiger charge is -2.52. The molecule has 1 saturated heterocycles. The number of sulfone groups is 1. The topological polar surface area (TPSA) is 118 Å². The zero-order chi connectivity index (χ0) is 35.9. The molecule has 0 spiro atoms. The maximum absolute atomic E-state index is 15.1. The number of aromatic carboxylic acids is 1. The lowest BCUT2D eigenvalue weighted by molar-refractivity contribution is -0.157. The van der Waals surface area contributed by atoms with Crippen molar-refractivity contribution in [3.8, 4) is 5.75 Å². The molecule has 1 amide bonds. The summed E-state index contributed by atoms with van der Waals surface area (Å²) in [6.45, 7) is 6.83. The number of carboxylic acids is 1. The molecule has 0 bridgehead atoms. The van der Waals surface area contributed by atoms with Crippen molar-refractivity contribution in [3.05, 3.63) is 99.0 Å². The average Bonchev–Trinajstić information content (AvgIpc) is 3.86. The van der Waals surface area contributed by atoms with E-state index in [1.807, 2.05) is 30.3 Å². The number of carbonyl (C=O) groups is 3. The maximum Gasteiger partial charge on any atom is 0.339 e. The van der Waals surface area contributed by atoms with Crippen molar-refractivity contribution in [3.63, 3.8) is 0 Å². The molecule has 5 rings (SSSR count). The molecular weight excluding hydrogens is 685 g/mol. The number of amides is 1. The second-order valence-electron chi connectivity index (χ2n) is 14.7. The molecular formula is C38H43Cl2NO7S. The van der Waals surface area contributed by atoms with Gasteiger partial charge in [0.25, 0.3) is 0 Å². The highest BCUT2D eigenvalue weighted by atomic mass is 35.5. The van der Waals surface area contributed by atoms with Gasteiger partial charge in [0.15, 0.2) is 9.84 Å². The number of Topliss-reactive ketones (excluding diaryl/α,β-unsaturated/α-hetero) is 1. The molecule has 1 N–H and O–H groups in total. The first-order valence-corrected chi connectivity index (χ1v) is 18.8. The third-order valence-electron chi connectivity index (χ3n) is 9.92. The number of ether oxygens (including phenoxy) is 1. The van der Waals surface area contributed by atoms with E-state index in [9.17, 15) is 23.1 Å². The van der Waals surface area contributed by atoms with Crippen molar-refractivity contribution in [1.82, 2.24) is 4.90 Å².